The molecule has 0 bridgehead atoms. The zero-order chi connectivity index (χ0) is 15.1. The fraction of sp³-hybridized carbons (Fsp3) is 0.188. The van der Waals surface area contributed by atoms with E-state index in [1.807, 2.05) is 0 Å². The minimum Gasteiger partial charge on any atom is -0.497 e. The average molecular weight is 307 g/mol. The van der Waals surface area contributed by atoms with E-state index in [4.69, 9.17) is 25.8 Å². The van der Waals surface area contributed by atoms with Crippen molar-refractivity contribution in [3.8, 4) is 17.2 Å². The maximum atomic E-state index is 10.9. The van der Waals surface area contributed by atoms with Crippen molar-refractivity contribution in [3.63, 3.8) is 0 Å². The molecule has 5 heteroatoms. The first kappa shape index (κ1) is 15.2. The molecule has 0 saturated carbocycles. The Kier molecular flexibility index (Phi) is 5.46. The fourth-order valence-corrected chi connectivity index (χ4v) is 1.83. The lowest BCUT2D eigenvalue weighted by molar-refractivity contribution is 0.111. The number of methoxy groups -OCH3 is 1. The number of carbonyl (C=O) groups excluding carboxylic acids is 1. The van der Waals surface area contributed by atoms with Crippen molar-refractivity contribution in [1.82, 2.24) is 0 Å². The van der Waals surface area contributed by atoms with Gasteiger partial charge in [-0.3, -0.25) is 4.79 Å². The summed E-state index contributed by atoms with van der Waals surface area (Å²) in [5.41, 5.74) is 0.474. The van der Waals surface area contributed by atoms with Crippen molar-refractivity contribution in [3.05, 3.63) is 53.1 Å². The summed E-state index contributed by atoms with van der Waals surface area (Å²) in [7, 11) is 1.56. The molecule has 0 atom stereocenters. The number of carbonyl (C=O) groups is 1. The SMILES string of the molecule is COc1ccc(C=O)c(OCCOc2ccc(Cl)cc2)c1. The summed E-state index contributed by atoms with van der Waals surface area (Å²) in [5, 5.41) is 0.658. The van der Waals surface area contributed by atoms with E-state index < -0.39 is 0 Å². The fourth-order valence-electron chi connectivity index (χ4n) is 1.71. The van der Waals surface area contributed by atoms with Gasteiger partial charge < -0.3 is 14.2 Å². The van der Waals surface area contributed by atoms with E-state index in [1.54, 1.807) is 49.6 Å². The highest BCUT2D eigenvalue weighted by atomic mass is 35.5. The van der Waals surface area contributed by atoms with Gasteiger partial charge in [-0.15, -0.1) is 0 Å². The number of ether oxygens (including phenoxy) is 3. The molecule has 0 amide bonds. The highest BCUT2D eigenvalue weighted by Gasteiger charge is 2.05. The van der Waals surface area contributed by atoms with E-state index >= 15 is 0 Å². The molecule has 0 aliphatic heterocycles. The number of benzene rings is 2. The monoisotopic (exact) mass is 306 g/mol. The first-order chi connectivity index (χ1) is 10.2. The molecule has 0 fully saturated rings. The van der Waals surface area contributed by atoms with E-state index in [9.17, 15) is 4.79 Å². The Morgan fingerprint density at radius 1 is 1.00 bits per heavy atom. The second-order valence-corrected chi connectivity index (χ2v) is 4.61. The minimum atomic E-state index is 0.316. The van der Waals surface area contributed by atoms with Crippen molar-refractivity contribution in [2.45, 2.75) is 0 Å². The predicted octanol–water partition coefficient (Wildman–Crippen LogP) is 3.62. The van der Waals surface area contributed by atoms with Gasteiger partial charge in [-0.25, -0.2) is 0 Å². The van der Waals surface area contributed by atoms with Crippen molar-refractivity contribution < 1.29 is 19.0 Å². The molecule has 0 unspecified atom stereocenters. The van der Waals surface area contributed by atoms with Crippen LogP contribution in [0.25, 0.3) is 0 Å². The van der Waals surface area contributed by atoms with Gasteiger partial charge in [-0.1, -0.05) is 11.6 Å². The zero-order valence-corrected chi connectivity index (χ0v) is 12.3. The van der Waals surface area contributed by atoms with Crippen LogP contribution >= 0.6 is 11.6 Å². The normalized spacial score (nSPS) is 10.0. The highest BCUT2D eigenvalue weighted by molar-refractivity contribution is 6.30. The maximum Gasteiger partial charge on any atom is 0.153 e. The van der Waals surface area contributed by atoms with Gasteiger partial charge in [0, 0.05) is 11.1 Å². The molecule has 21 heavy (non-hydrogen) atoms. The molecule has 0 heterocycles. The van der Waals surface area contributed by atoms with Gasteiger partial charge in [0.15, 0.2) is 6.29 Å². The van der Waals surface area contributed by atoms with Gasteiger partial charge >= 0.3 is 0 Å². The van der Waals surface area contributed by atoms with Crippen LogP contribution < -0.4 is 14.2 Å². The molecule has 110 valence electrons. The molecule has 0 aliphatic rings. The van der Waals surface area contributed by atoms with Crippen LogP contribution in [-0.2, 0) is 0 Å². The first-order valence-electron chi connectivity index (χ1n) is 6.37. The summed E-state index contributed by atoms with van der Waals surface area (Å²) in [6, 6.07) is 12.1. The average Bonchev–Trinajstić information content (AvgIpc) is 2.53. The summed E-state index contributed by atoms with van der Waals surface area (Å²) in [6.45, 7) is 0.674. The quantitative estimate of drug-likeness (QED) is 0.579. The van der Waals surface area contributed by atoms with E-state index in [1.165, 1.54) is 0 Å². The third kappa shape index (κ3) is 4.39. The Hall–Kier alpha value is -2.20. The first-order valence-corrected chi connectivity index (χ1v) is 6.75. The lowest BCUT2D eigenvalue weighted by Crippen LogP contribution is -2.10. The smallest absolute Gasteiger partial charge is 0.153 e. The largest absolute Gasteiger partial charge is 0.497 e. The number of hydrogen-bond donors (Lipinski definition) is 0. The van der Waals surface area contributed by atoms with E-state index in [-0.39, 0.29) is 0 Å². The summed E-state index contributed by atoms with van der Waals surface area (Å²) < 4.78 is 16.2. The molecule has 2 aromatic carbocycles. The summed E-state index contributed by atoms with van der Waals surface area (Å²) in [4.78, 5) is 10.9. The van der Waals surface area contributed by atoms with Crippen LogP contribution in [0.15, 0.2) is 42.5 Å². The zero-order valence-electron chi connectivity index (χ0n) is 11.5. The summed E-state index contributed by atoms with van der Waals surface area (Å²) in [5.74, 6) is 1.82. The Bertz CT molecular complexity index is 596. The molecule has 0 spiro atoms. The number of aldehydes is 1. The number of rotatable bonds is 7. The lowest BCUT2D eigenvalue weighted by Gasteiger charge is -2.11. The Morgan fingerprint density at radius 3 is 2.33 bits per heavy atom. The van der Waals surface area contributed by atoms with E-state index in [2.05, 4.69) is 0 Å². The van der Waals surface area contributed by atoms with Gasteiger partial charge in [0.05, 0.1) is 12.7 Å². The highest BCUT2D eigenvalue weighted by Crippen LogP contribution is 2.23. The molecular weight excluding hydrogens is 292 g/mol. The lowest BCUT2D eigenvalue weighted by atomic mass is 10.2. The third-order valence-corrected chi connectivity index (χ3v) is 3.02. The van der Waals surface area contributed by atoms with Crippen LogP contribution in [0.2, 0.25) is 5.02 Å². The molecule has 0 radical (unpaired) electrons. The van der Waals surface area contributed by atoms with E-state index in [0.29, 0.717) is 41.0 Å². The molecule has 0 saturated heterocycles. The summed E-state index contributed by atoms with van der Waals surface area (Å²) in [6.07, 6.45) is 0.745. The topological polar surface area (TPSA) is 44.8 Å². The predicted molar refractivity (Wildman–Crippen MR) is 80.8 cm³/mol. The summed E-state index contributed by atoms with van der Waals surface area (Å²) >= 11 is 5.79. The number of halogens is 1. The standard InChI is InChI=1S/C16H15ClO4/c1-19-15-5-2-12(11-18)16(10-15)21-9-8-20-14-6-3-13(17)4-7-14/h2-7,10-11H,8-9H2,1H3. The second kappa shape index (κ2) is 7.55. The molecule has 2 aromatic rings. The van der Waals surface area contributed by atoms with Crippen LogP contribution in [0.1, 0.15) is 10.4 Å². The van der Waals surface area contributed by atoms with Gasteiger partial charge in [0.2, 0.25) is 0 Å². The van der Waals surface area contributed by atoms with Crippen molar-refractivity contribution in [2.24, 2.45) is 0 Å². The van der Waals surface area contributed by atoms with Crippen LogP contribution in [0.4, 0.5) is 0 Å². The van der Waals surface area contributed by atoms with Crippen molar-refractivity contribution >= 4 is 17.9 Å². The third-order valence-electron chi connectivity index (χ3n) is 2.77. The molecule has 4 nitrogen and oxygen atoms in total. The van der Waals surface area contributed by atoms with Gasteiger partial charge in [-0.05, 0) is 36.4 Å². The van der Waals surface area contributed by atoms with E-state index in [0.717, 1.165) is 6.29 Å². The molecule has 0 N–H and O–H groups in total. The van der Waals surface area contributed by atoms with Gasteiger partial charge in [-0.2, -0.15) is 0 Å². The minimum absolute atomic E-state index is 0.316. The second-order valence-electron chi connectivity index (χ2n) is 4.17. The Morgan fingerprint density at radius 2 is 1.67 bits per heavy atom. The van der Waals surface area contributed by atoms with Gasteiger partial charge in [0.25, 0.3) is 0 Å². The van der Waals surface area contributed by atoms with Crippen LogP contribution in [-0.4, -0.2) is 26.6 Å². The van der Waals surface area contributed by atoms with Crippen LogP contribution in [0.5, 0.6) is 17.2 Å². The Balaban J connectivity index is 1.88. The number of hydrogen-bond acceptors (Lipinski definition) is 4. The van der Waals surface area contributed by atoms with Crippen molar-refractivity contribution in [1.29, 1.82) is 0 Å². The van der Waals surface area contributed by atoms with Crippen LogP contribution in [0, 0.1) is 0 Å². The van der Waals surface area contributed by atoms with Crippen LogP contribution in [0.3, 0.4) is 0 Å². The maximum absolute atomic E-state index is 10.9. The molecule has 0 aromatic heterocycles. The van der Waals surface area contributed by atoms with Crippen molar-refractivity contribution in [2.75, 3.05) is 20.3 Å². The van der Waals surface area contributed by atoms with Gasteiger partial charge in [0.1, 0.15) is 30.5 Å². The Labute approximate surface area is 128 Å². The molecule has 2 rings (SSSR count). The molecule has 0 aliphatic carbocycles. The molecular formula is C16H15ClO4.